The minimum atomic E-state index is -0.710. The number of hydrogen-bond acceptors (Lipinski definition) is 4. The number of anilines is 2. The summed E-state index contributed by atoms with van der Waals surface area (Å²) in [5, 5.41) is 0.649. The predicted octanol–water partition coefficient (Wildman–Crippen LogP) is 5.58. The highest BCUT2D eigenvalue weighted by Crippen LogP contribution is 2.54. The minimum absolute atomic E-state index is 0.103. The second-order valence-corrected chi connectivity index (χ2v) is 10.8. The second-order valence-electron chi connectivity index (χ2n) is 9.20. The van der Waals surface area contributed by atoms with Crippen molar-refractivity contribution in [1.29, 1.82) is 0 Å². The summed E-state index contributed by atoms with van der Waals surface area (Å²) in [5.74, 6) is -5.79. The number of amides is 4. The number of carbonyl (C=O) groups is 4. The number of hydrogen-bond donors (Lipinski definition) is 0. The first-order valence-electron chi connectivity index (χ1n) is 11.2. The van der Waals surface area contributed by atoms with E-state index in [1.54, 1.807) is 60.7 Å². The standard InChI is InChI=1S/C26H16Cl4N2O4/c27-15-3-1-5-17(21(15)29)31-23(33)11-7-9-13-20-14(10-8-12(19(11)20)24(31)34)26(36)32(25(13)35)18-6-2-4-16(28)22(18)30/h1-14,19-20H/t11-,12+,13-,14+,19?,20?. The van der Waals surface area contributed by atoms with Gasteiger partial charge in [0, 0.05) is 0 Å². The van der Waals surface area contributed by atoms with Gasteiger partial charge >= 0.3 is 0 Å². The highest BCUT2D eigenvalue weighted by Gasteiger charge is 2.61. The fourth-order valence-corrected chi connectivity index (χ4v) is 6.76. The van der Waals surface area contributed by atoms with Crippen LogP contribution in [-0.2, 0) is 19.2 Å². The molecule has 0 spiro atoms. The molecule has 6 nitrogen and oxygen atoms in total. The topological polar surface area (TPSA) is 74.8 Å². The lowest BCUT2D eigenvalue weighted by atomic mass is 9.55. The molecule has 0 bridgehead atoms. The van der Waals surface area contributed by atoms with E-state index in [-0.39, 0.29) is 31.5 Å². The summed E-state index contributed by atoms with van der Waals surface area (Å²) in [7, 11) is 0. The molecule has 2 saturated heterocycles. The lowest BCUT2D eigenvalue weighted by Crippen LogP contribution is -2.64. The van der Waals surface area contributed by atoms with Crippen LogP contribution in [0.4, 0.5) is 11.4 Å². The average Bonchev–Trinajstić information content (AvgIpc) is 2.86. The Morgan fingerprint density at radius 3 is 1.11 bits per heavy atom. The van der Waals surface area contributed by atoms with Crippen LogP contribution in [0.15, 0.2) is 60.7 Å². The molecule has 4 amide bonds. The van der Waals surface area contributed by atoms with Crippen LogP contribution in [0, 0.1) is 35.5 Å². The molecule has 6 rings (SSSR count). The van der Waals surface area contributed by atoms with Crippen LogP contribution in [0.2, 0.25) is 20.1 Å². The number of imide groups is 2. The van der Waals surface area contributed by atoms with Crippen LogP contribution >= 0.6 is 46.4 Å². The van der Waals surface area contributed by atoms with E-state index in [4.69, 9.17) is 46.4 Å². The maximum Gasteiger partial charge on any atom is 0.241 e. The number of nitrogens with zero attached hydrogens (tertiary/aromatic N) is 2. The van der Waals surface area contributed by atoms with E-state index in [0.29, 0.717) is 0 Å². The van der Waals surface area contributed by atoms with Crippen molar-refractivity contribution in [2.45, 2.75) is 0 Å². The maximum atomic E-state index is 13.6. The van der Waals surface area contributed by atoms with Crippen molar-refractivity contribution in [3.8, 4) is 0 Å². The van der Waals surface area contributed by atoms with E-state index in [9.17, 15) is 19.2 Å². The Morgan fingerprint density at radius 2 is 0.806 bits per heavy atom. The van der Waals surface area contributed by atoms with Crippen LogP contribution in [0.3, 0.4) is 0 Å². The van der Waals surface area contributed by atoms with Gasteiger partial charge in [-0.1, -0.05) is 82.8 Å². The first kappa shape index (κ1) is 23.7. The first-order chi connectivity index (χ1) is 17.2. The van der Waals surface area contributed by atoms with Crippen molar-refractivity contribution in [1.82, 2.24) is 0 Å². The van der Waals surface area contributed by atoms with Gasteiger partial charge in [0.15, 0.2) is 0 Å². The van der Waals surface area contributed by atoms with Crippen molar-refractivity contribution in [2.24, 2.45) is 35.5 Å². The van der Waals surface area contributed by atoms with Crippen molar-refractivity contribution in [3.05, 3.63) is 80.8 Å². The zero-order chi connectivity index (χ0) is 25.5. The summed E-state index contributed by atoms with van der Waals surface area (Å²) in [4.78, 5) is 56.7. The summed E-state index contributed by atoms with van der Waals surface area (Å²) < 4.78 is 0. The van der Waals surface area contributed by atoms with Gasteiger partial charge in [-0.2, -0.15) is 0 Å². The van der Waals surface area contributed by atoms with E-state index >= 15 is 0 Å². The first-order valence-corrected chi connectivity index (χ1v) is 12.7. The molecule has 2 heterocycles. The molecule has 2 aromatic rings. The molecule has 2 aliphatic heterocycles. The molecule has 0 aromatic heterocycles. The van der Waals surface area contributed by atoms with E-state index in [1.807, 2.05) is 0 Å². The molecule has 2 fully saturated rings. The molecule has 4 aliphatic rings. The van der Waals surface area contributed by atoms with E-state index in [0.717, 1.165) is 9.80 Å². The molecule has 182 valence electrons. The molecule has 10 heteroatoms. The highest BCUT2D eigenvalue weighted by atomic mass is 35.5. The Morgan fingerprint density at radius 1 is 0.500 bits per heavy atom. The van der Waals surface area contributed by atoms with E-state index in [1.165, 1.54) is 0 Å². The molecule has 2 aromatic carbocycles. The fraction of sp³-hybridized carbons (Fsp3) is 0.231. The second kappa shape index (κ2) is 8.45. The van der Waals surface area contributed by atoms with E-state index < -0.39 is 59.1 Å². The van der Waals surface area contributed by atoms with Crippen molar-refractivity contribution in [2.75, 3.05) is 9.80 Å². The van der Waals surface area contributed by atoms with E-state index in [2.05, 4.69) is 0 Å². The lowest BCUT2D eigenvalue weighted by Gasteiger charge is -2.53. The molecule has 0 N–H and O–H groups in total. The minimum Gasteiger partial charge on any atom is -0.273 e. The zero-order valence-electron chi connectivity index (χ0n) is 18.3. The monoisotopic (exact) mass is 560 g/mol. The van der Waals surface area contributed by atoms with Gasteiger partial charge in [0.25, 0.3) is 0 Å². The van der Waals surface area contributed by atoms with Crippen LogP contribution in [0.5, 0.6) is 0 Å². The molecular weight excluding hydrogens is 546 g/mol. The Bertz CT molecular complexity index is 1280. The SMILES string of the molecule is O=C1[C@H]2C=C[C@@H]3C(=O)N(c4cccc(Cl)c4Cl)C(=O)[C@@H]4C=C[C@@H](C(=O)N1c1cccc(Cl)c1Cl)C2C34. The molecular formula is C26H16Cl4N2O4. The van der Waals surface area contributed by atoms with Crippen LogP contribution in [-0.4, -0.2) is 23.6 Å². The normalized spacial score (nSPS) is 30.7. The lowest BCUT2D eigenvalue weighted by molar-refractivity contribution is -0.148. The largest absolute Gasteiger partial charge is 0.273 e. The third-order valence-corrected chi connectivity index (χ3v) is 9.14. The average molecular weight is 562 g/mol. The van der Waals surface area contributed by atoms with Gasteiger partial charge in [-0.25, -0.2) is 9.80 Å². The summed E-state index contributed by atoms with van der Waals surface area (Å²) in [6.07, 6.45) is 6.67. The quantitative estimate of drug-likeness (QED) is 0.354. The van der Waals surface area contributed by atoms with Crippen LogP contribution in [0.1, 0.15) is 0 Å². The van der Waals surface area contributed by atoms with Crippen molar-refractivity contribution in [3.63, 3.8) is 0 Å². The number of halogens is 4. The summed E-state index contributed by atoms with van der Waals surface area (Å²) >= 11 is 25.0. The van der Waals surface area contributed by atoms with Crippen molar-refractivity contribution >= 4 is 81.4 Å². The summed E-state index contributed by atoms with van der Waals surface area (Å²) in [6.45, 7) is 0. The van der Waals surface area contributed by atoms with Gasteiger partial charge in [0.1, 0.15) is 0 Å². The predicted molar refractivity (Wildman–Crippen MR) is 137 cm³/mol. The number of rotatable bonds is 2. The molecule has 6 atom stereocenters. The summed E-state index contributed by atoms with van der Waals surface area (Å²) in [6, 6.07) is 9.50. The number of carbonyl (C=O) groups excluding carboxylic acids is 4. The smallest absolute Gasteiger partial charge is 0.241 e. The molecule has 36 heavy (non-hydrogen) atoms. The van der Waals surface area contributed by atoms with Crippen molar-refractivity contribution < 1.29 is 19.2 Å². The Labute approximate surface area is 226 Å². The number of piperidine rings is 2. The van der Waals surface area contributed by atoms with Gasteiger partial charge < -0.3 is 0 Å². The molecule has 0 radical (unpaired) electrons. The van der Waals surface area contributed by atoms with Crippen LogP contribution < -0.4 is 9.80 Å². The highest BCUT2D eigenvalue weighted by molar-refractivity contribution is 6.45. The van der Waals surface area contributed by atoms with Gasteiger partial charge in [-0.3, -0.25) is 19.2 Å². The maximum absolute atomic E-state index is 13.6. The fourth-order valence-electron chi connectivity index (χ4n) is 6.00. The van der Waals surface area contributed by atoms with Gasteiger partial charge in [-0.05, 0) is 36.1 Å². The van der Waals surface area contributed by atoms with Crippen LogP contribution in [0.25, 0.3) is 0 Å². The Balaban J connectivity index is 1.45. The van der Waals surface area contributed by atoms with Gasteiger partial charge in [-0.15, -0.1) is 0 Å². The Kier molecular flexibility index (Phi) is 5.57. The molecule has 0 saturated carbocycles. The third kappa shape index (κ3) is 3.18. The number of benzene rings is 2. The Hall–Kier alpha value is -2.64. The summed E-state index contributed by atoms with van der Waals surface area (Å²) in [5.41, 5.74) is 0.419. The van der Waals surface area contributed by atoms with Gasteiger partial charge in [0.05, 0.1) is 55.1 Å². The third-order valence-electron chi connectivity index (χ3n) is 7.52. The molecule has 2 aliphatic carbocycles. The van der Waals surface area contributed by atoms with Gasteiger partial charge in [0.2, 0.25) is 23.6 Å². The molecule has 2 unspecified atom stereocenters. The zero-order valence-corrected chi connectivity index (χ0v) is 21.3.